The van der Waals surface area contributed by atoms with Crippen molar-refractivity contribution in [3.63, 3.8) is 0 Å². The normalized spacial score (nSPS) is 16.2. The number of nitrogens with one attached hydrogen (secondary N) is 1. The molecule has 1 saturated heterocycles. The fraction of sp³-hybridized carbons (Fsp3) is 0.519. The van der Waals surface area contributed by atoms with Crippen molar-refractivity contribution in [2.24, 2.45) is 5.92 Å². The van der Waals surface area contributed by atoms with Crippen LogP contribution in [0.15, 0.2) is 33.0 Å². The molecule has 3 N–H and O–H groups in total. The molecule has 1 fully saturated rings. The molecular weight excluding hydrogens is 614 g/mol. The number of alkyl carbamates (subject to hydrolysis) is 1. The predicted octanol–water partition coefficient (Wildman–Crippen LogP) is 4.59. The first-order chi connectivity index (χ1) is 19.5. The fourth-order valence-corrected chi connectivity index (χ4v) is 6.37. The number of nitrogens with zero attached hydrogens (tertiary/aromatic N) is 5. The van der Waals surface area contributed by atoms with Crippen LogP contribution < -0.4 is 20.5 Å². The summed E-state index contributed by atoms with van der Waals surface area (Å²) in [6.07, 6.45) is 3.48. The number of nitrogen functional groups attached to an aromatic ring is 1. The van der Waals surface area contributed by atoms with E-state index in [4.69, 9.17) is 24.9 Å². The third kappa shape index (κ3) is 6.80. The number of nitrogens with two attached hydrogens (primary N) is 1. The van der Waals surface area contributed by atoms with Crippen molar-refractivity contribution in [1.82, 2.24) is 29.7 Å². The number of rotatable bonds is 7. The highest BCUT2D eigenvalue weighted by Gasteiger charge is 2.29. The van der Waals surface area contributed by atoms with Gasteiger partial charge in [-0.2, -0.15) is 0 Å². The molecule has 0 spiro atoms. The average Bonchev–Trinajstić information content (AvgIpc) is 3.51. The lowest BCUT2D eigenvalue weighted by atomic mass is 9.93. The van der Waals surface area contributed by atoms with Gasteiger partial charge in [0.1, 0.15) is 18.0 Å². The van der Waals surface area contributed by atoms with Crippen molar-refractivity contribution in [3.8, 4) is 11.5 Å². The van der Waals surface area contributed by atoms with Gasteiger partial charge < -0.3 is 34.7 Å². The van der Waals surface area contributed by atoms with Crippen LogP contribution in [0.5, 0.6) is 11.5 Å². The van der Waals surface area contributed by atoms with Crippen LogP contribution >= 0.6 is 27.7 Å². The van der Waals surface area contributed by atoms with Crippen LogP contribution in [0.3, 0.4) is 0 Å². The number of benzene rings is 1. The highest BCUT2D eigenvalue weighted by atomic mass is 79.9. The van der Waals surface area contributed by atoms with Crippen LogP contribution in [0.25, 0.3) is 11.2 Å². The number of piperidine rings is 1. The monoisotopic (exact) mass is 647 g/mol. The van der Waals surface area contributed by atoms with Crippen LogP contribution in [0.1, 0.15) is 47.0 Å². The Morgan fingerprint density at radius 1 is 1.22 bits per heavy atom. The molecule has 4 heterocycles. The Morgan fingerprint density at radius 2 is 1.93 bits per heavy atom. The van der Waals surface area contributed by atoms with Crippen molar-refractivity contribution in [2.75, 3.05) is 25.6 Å². The number of hydrogen-bond donors (Lipinski definition) is 2. The van der Waals surface area contributed by atoms with E-state index in [0.29, 0.717) is 54.0 Å². The standard InChI is InChI=1S/C27H34BrN7O5S/c1-15(32-26(37)40-27(2,3)4)24(36)34-8-5-16(6-9-34)7-10-35-23-21(22(29)30-13-31-23)33-25(35)41-20-12-19-18(11-17(20)28)38-14-39-19/h11-13,15-16H,5-10,14H2,1-4H3,(H,32,37)(H2,29,30,31)/t15-/m1/s1. The number of ether oxygens (including phenoxy) is 3. The summed E-state index contributed by atoms with van der Waals surface area (Å²) in [4.78, 5) is 41.2. The maximum Gasteiger partial charge on any atom is 0.408 e. The van der Waals surface area contributed by atoms with Crippen LogP contribution in [0, 0.1) is 5.92 Å². The highest BCUT2D eigenvalue weighted by molar-refractivity contribution is 9.10. The molecule has 1 aromatic carbocycles. The molecule has 3 aromatic rings. The van der Waals surface area contributed by atoms with Crippen LogP contribution in [-0.2, 0) is 16.1 Å². The fourth-order valence-electron chi connectivity index (χ4n) is 4.86. The Bertz CT molecular complexity index is 1450. The summed E-state index contributed by atoms with van der Waals surface area (Å²) in [7, 11) is 0. The Morgan fingerprint density at radius 3 is 2.63 bits per heavy atom. The van der Waals surface area contributed by atoms with Gasteiger partial charge in [0.15, 0.2) is 33.6 Å². The highest BCUT2D eigenvalue weighted by Crippen LogP contribution is 2.43. The lowest BCUT2D eigenvalue weighted by Gasteiger charge is -2.34. The quantitative estimate of drug-likeness (QED) is 0.373. The first-order valence-corrected chi connectivity index (χ1v) is 15.1. The van der Waals surface area contributed by atoms with E-state index in [1.165, 1.54) is 18.1 Å². The smallest absolute Gasteiger partial charge is 0.408 e. The zero-order valence-corrected chi connectivity index (χ0v) is 25.9. The van der Waals surface area contributed by atoms with Gasteiger partial charge in [-0.15, -0.1) is 0 Å². The molecule has 14 heteroatoms. The second kappa shape index (κ2) is 11.9. The number of anilines is 1. The van der Waals surface area contributed by atoms with E-state index >= 15 is 0 Å². The van der Waals surface area contributed by atoms with E-state index < -0.39 is 17.7 Å². The van der Waals surface area contributed by atoms with Gasteiger partial charge in [0, 0.05) is 29.0 Å². The molecule has 220 valence electrons. The first kappa shape index (κ1) is 29.2. The Kier molecular flexibility index (Phi) is 8.50. The molecule has 0 radical (unpaired) electrons. The molecule has 41 heavy (non-hydrogen) atoms. The van der Waals surface area contributed by atoms with Gasteiger partial charge in [-0.3, -0.25) is 4.79 Å². The summed E-state index contributed by atoms with van der Waals surface area (Å²) in [5, 5.41) is 3.40. The van der Waals surface area contributed by atoms with Crippen molar-refractivity contribution in [1.29, 1.82) is 0 Å². The number of aryl methyl sites for hydroxylation is 1. The van der Waals surface area contributed by atoms with Crippen LogP contribution in [0.2, 0.25) is 0 Å². The van der Waals surface area contributed by atoms with Gasteiger partial charge in [0.2, 0.25) is 12.7 Å². The number of amides is 2. The molecule has 0 aliphatic carbocycles. The van der Waals surface area contributed by atoms with Gasteiger partial charge >= 0.3 is 6.09 Å². The number of hydrogen-bond acceptors (Lipinski definition) is 10. The molecule has 0 bridgehead atoms. The summed E-state index contributed by atoms with van der Waals surface area (Å²) in [5.74, 6) is 2.04. The van der Waals surface area contributed by atoms with Crippen molar-refractivity contribution in [3.05, 3.63) is 22.9 Å². The molecule has 1 atom stereocenters. The summed E-state index contributed by atoms with van der Waals surface area (Å²) in [5.41, 5.74) is 6.78. The number of imidazole rings is 1. The summed E-state index contributed by atoms with van der Waals surface area (Å²) >= 11 is 5.13. The van der Waals surface area contributed by atoms with E-state index in [-0.39, 0.29) is 12.7 Å². The largest absolute Gasteiger partial charge is 0.454 e. The Labute approximate surface area is 250 Å². The zero-order valence-electron chi connectivity index (χ0n) is 23.5. The topological polar surface area (TPSA) is 147 Å². The van der Waals surface area contributed by atoms with E-state index in [9.17, 15) is 9.59 Å². The third-order valence-corrected chi connectivity index (χ3v) is 8.91. The van der Waals surface area contributed by atoms with Crippen LogP contribution in [-0.4, -0.2) is 67.9 Å². The lowest BCUT2D eigenvalue weighted by molar-refractivity contribution is -0.134. The Balaban J connectivity index is 1.23. The SMILES string of the molecule is C[C@@H](NC(=O)OC(C)(C)C)C(=O)N1CCC(CCn2c(Sc3cc4c(cc3Br)OCO4)nc3c(N)ncnc32)CC1. The second-order valence-electron chi connectivity index (χ2n) is 11.1. The average molecular weight is 649 g/mol. The molecule has 2 aliphatic rings. The molecule has 2 amide bonds. The van der Waals surface area contributed by atoms with Crippen molar-refractivity contribution < 1.29 is 23.8 Å². The molecule has 2 aliphatic heterocycles. The number of carbonyl (C=O) groups is 2. The van der Waals surface area contributed by atoms with E-state index in [1.807, 2.05) is 17.0 Å². The molecule has 0 saturated carbocycles. The Hall–Kier alpha value is -3.26. The minimum absolute atomic E-state index is 0.102. The van der Waals surface area contributed by atoms with Gasteiger partial charge in [-0.1, -0.05) is 11.8 Å². The third-order valence-electron chi connectivity index (χ3n) is 6.94. The van der Waals surface area contributed by atoms with E-state index in [2.05, 4.69) is 35.8 Å². The summed E-state index contributed by atoms with van der Waals surface area (Å²) in [6, 6.07) is 3.17. The maximum atomic E-state index is 12.9. The van der Waals surface area contributed by atoms with Gasteiger partial charge in [-0.25, -0.2) is 19.7 Å². The van der Waals surface area contributed by atoms with Gasteiger partial charge in [0.05, 0.1) is 0 Å². The molecule has 12 nitrogen and oxygen atoms in total. The number of likely N-dealkylation sites (tertiary alicyclic amines) is 1. The lowest BCUT2D eigenvalue weighted by Crippen LogP contribution is -2.50. The molecule has 2 aromatic heterocycles. The number of halogens is 1. The minimum atomic E-state index is -0.654. The van der Waals surface area contributed by atoms with Crippen molar-refractivity contribution >= 4 is 56.7 Å². The number of aromatic nitrogens is 4. The molecular formula is C27H34BrN7O5S. The number of carbonyl (C=O) groups excluding carboxylic acids is 2. The number of fused-ring (bicyclic) bond motifs is 2. The second-order valence-corrected chi connectivity index (χ2v) is 13.0. The van der Waals surface area contributed by atoms with Gasteiger partial charge in [-0.05, 0) is 80.9 Å². The summed E-state index contributed by atoms with van der Waals surface area (Å²) < 4.78 is 19.3. The van der Waals surface area contributed by atoms with Gasteiger partial charge in [0.25, 0.3) is 0 Å². The molecule has 5 rings (SSSR count). The maximum absolute atomic E-state index is 12.9. The first-order valence-electron chi connectivity index (χ1n) is 13.5. The van der Waals surface area contributed by atoms with E-state index in [1.54, 1.807) is 27.7 Å². The summed E-state index contributed by atoms with van der Waals surface area (Å²) in [6.45, 7) is 9.21. The van der Waals surface area contributed by atoms with Crippen molar-refractivity contribution in [2.45, 2.75) is 75.2 Å². The van der Waals surface area contributed by atoms with Crippen LogP contribution in [0.4, 0.5) is 10.6 Å². The predicted molar refractivity (Wildman–Crippen MR) is 157 cm³/mol. The minimum Gasteiger partial charge on any atom is -0.454 e. The van der Waals surface area contributed by atoms with E-state index in [0.717, 1.165) is 33.8 Å². The molecule has 0 unspecified atom stereocenters. The zero-order chi connectivity index (χ0) is 29.3.